The van der Waals surface area contributed by atoms with Crippen molar-refractivity contribution in [3.8, 4) is 0 Å². The van der Waals surface area contributed by atoms with Crippen LogP contribution >= 0.6 is 11.3 Å². The van der Waals surface area contributed by atoms with Crippen molar-refractivity contribution < 1.29 is 14.4 Å². The normalized spacial score (nSPS) is 19.9. The number of imide groups is 1. The fourth-order valence-corrected chi connectivity index (χ4v) is 4.69. The fraction of sp³-hybridized carbons (Fsp3) is 0.435. The van der Waals surface area contributed by atoms with Crippen molar-refractivity contribution in [2.75, 3.05) is 6.54 Å². The Labute approximate surface area is 187 Å². The Morgan fingerprint density at radius 1 is 1.16 bits per heavy atom. The molecule has 1 saturated heterocycles. The molecule has 0 radical (unpaired) electrons. The van der Waals surface area contributed by atoms with Gasteiger partial charge in [0.1, 0.15) is 5.54 Å². The third-order valence-corrected chi connectivity index (χ3v) is 6.35. The molecule has 1 aromatic carbocycles. The second-order valence-electron chi connectivity index (χ2n) is 9.12. The van der Waals surface area contributed by atoms with Crippen LogP contribution in [0, 0.1) is 5.41 Å². The number of hydrazine groups is 1. The van der Waals surface area contributed by atoms with E-state index in [9.17, 15) is 14.4 Å². The van der Waals surface area contributed by atoms with Crippen molar-refractivity contribution in [3.05, 3.63) is 58.3 Å². The van der Waals surface area contributed by atoms with Crippen LogP contribution in [-0.2, 0) is 16.0 Å². The molecule has 4 amide bonds. The van der Waals surface area contributed by atoms with Gasteiger partial charge in [0.2, 0.25) is 0 Å². The maximum Gasteiger partial charge on any atom is 0.344 e. The van der Waals surface area contributed by atoms with Crippen LogP contribution in [0.4, 0.5) is 4.79 Å². The molecule has 31 heavy (non-hydrogen) atoms. The molecule has 166 valence electrons. The number of urea groups is 1. The third kappa shape index (κ3) is 5.51. The van der Waals surface area contributed by atoms with Crippen molar-refractivity contribution in [1.29, 1.82) is 0 Å². The number of nitrogens with one attached hydrogen (secondary N) is 3. The van der Waals surface area contributed by atoms with E-state index in [1.165, 1.54) is 0 Å². The number of carbonyl (C=O) groups is 3. The number of thiophene rings is 1. The van der Waals surface area contributed by atoms with Gasteiger partial charge >= 0.3 is 6.03 Å². The maximum atomic E-state index is 12.9. The Morgan fingerprint density at radius 3 is 2.48 bits per heavy atom. The fourth-order valence-electron chi connectivity index (χ4n) is 3.64. The van der Waals surface area contributed by atoms with Crippen LogP contribution in [0.3, 0.4) is 0 Å². The molecular formula is C23H30N4O3S. The van der Waals surface area contributed by atoms with Crippen LogP contribution in [0.1, 0.15) is 50.6 Å². The summed E-state index contributed by atoms with van der Waals surface area (Å²) in [5.74, 6) is -0.894. The van der Waals surface area contributed by atoms with Crippen LogP contribution < -0.4 is 16.1 Å². The summed E-state index contributed by atoms with van der Waals surface area (Å²) in [5, 5.41) is 8.78. The molecule has 2 atom stereocenters. The standard InChI is InChI=1S/C23H30N4O3S/c1-22(2,3)19(17-11-8-14-31-17)24-15-18(28)26-27-20(29)23(4,25-21(27)30)13-12-16-9-6-5-7-10-16/h5-11,14,19,24H,12-13,15H2,1-4H3,(H,25,30)(H,26,28). The van der Waals surface area contributed by atoms with E-state index in [0.29, 0.717) is 12.8 Å². The van der Waals surface area contributed by atoms with Crippen LogP contribution in [0.15, 0.2) is 47.8 Å². The van der Waals surface area contributed by atoms with E-state index >= 15 is 0 Å². The average molecular weight is 443 g/mol. The zero-order chi connectivity index (χ0) is 22.6. The van der Waals surface area contributed by atoms with Gasteiger partial charge in [0, 0.05) is 10.9 Å². The van der Waals surface area contributed by atoms with Crippen molar-refractivity contribution >= 4 is 29.2 Å². The molecule has 0 bridgehead atoms. The van der Waals surface area contributed by atoms with E-state index in [1.807, 2.05) is 47.8 Å². The predicted octanol–water partition coefficient (Wildman–Crippen LogP) is 3.40. The lowest BCUT2D eigenvalue weighted by molar-refractivity contribution is -0.138. The van der Waals surface area contributed by atoms with Crippen LogP contribution in [0.5, 0.6) is 0 Å². The summed E-state index contributed by atoms with van der Waals surface area (Å²) in [6, 6.07) is 13.1. The number of hydrogen-bond donors (Lipinski definition) is 3. The molecule has 1 aromatic heterocycles. The number of carbonyl (C=O) groups excluding carboxylic acids is 3. The molecule has 0 aliphatic carbocycles. The molecule has 0 saturated carbocycles. The van der Waals surface area contributed by atoms with Crippen LogP contribution in [-0.4, -0.2) is 34.9 Å². The summed E-state index contributed by atoms with van der Waals surface area (Å²) in [6.45, 7) is 7.96. The van der Waals surface area contributed by atoms with E-state index in [4.69, 9.17) is 0 Å². The summed E-state index contributed by atoms with van der Waals surface area (Å²) >= 11 is 1.62. The first-order valence-corrected chi connectivity index (χ1v) is 11.2. The highest BCUT2D eigenvalue weighted by Gasteiger charge is 2.48. The Hall–Kier alpha value is -2.71. The van der Waals surface area contributed by atoms with Crippen molar-refractivity contribution in [1.82, 2.24) is 21.1 Å². The third-order valence-electron chi connectivity index (χ3n) is 5.41. The monoisotopic (exact) mass is 442 g/mol. The van der Waals surface area contributed by atoms with E-state index < -0.39 is 23.4 Å². The molecule has 3 rings (SSSR count). The first-order chi connectivity index (χ1) is 14.6. The topological polar surface area (TPSA) is 90.5 Å². The van der Waals surface area contributed by atoms with Gasteiger partial charge in [0.05, 0.1) is 6.54 Å². The Bertz CT molecular complexity index is 924. The SMILES string of the molecule is CC1(CCc2ccccc2)NC(=O)N(NC(=O)CNC(c2cccs2)C(C)(C)C)C1=O. The minimum absolute atomic E-state index is 0.0162. The second-order valence-corrected chi connectivity index (χ2v) is 10.1. The smallest absolute Gasteiger partial charge is 0.322 e. The van der Waals surface area contributed by atoms with Gasteiger partial charge in [-0.15, -0.1) is 11.3 Å². The lowest BCUT2D eigenvalue weighted by Crippen LogP contribution is -2.51. The van der Waals surface area contributed by atoms with E-state index in [2.05, 4.69) is 36.8 Å². The molecule has 7 nitrogen and oxygen atoms in total. The molecule has 8 heteroatoms. The zero-order valence-corrected chi connectivity index (χ0v) is 19.2. The molecule has 1 fully saturated rings. The van der Waals surface area contributed by atoms with Gasteiger partial charge in [-0.25, -0.2) is 4.79 Å². The molecule has 1 aliphatic heterocycles. The summed E-state index contributed by atoms with van der Waals surface area (Å²) in [7, 11) is 0. The molecule has 2 aromatic rings. The van der Waals surface area contributed by atoms with E-state index in [0.717, 1.165) is 15.4 Å². The van der Waals surface area contributed by atoms with Gasteiger partial charge in [-0.1, -0.05) is 57.2 Å². The maximum absolute atomic E-state index is 12.9. The predicted molar refractivity (Wildman–Crippen MR) is 121 cm³/mol. The largest absolute Gasteiger partial charge is 0.344 e. The number of nitrogens with zero attached hydrogens (tertiary/aromatic N) is 1. The number of rotatable bonds is 8. The molecule has 2 unspecified atom stereocenters. The summed E-state index contributed by atoms with van der Waals surface area (Å²) in [5.41, 5.74) is 2.37. The molecule has 0 spiro atoms. The highest BCUT2D eigenvalue weighted by molar-refractivity contribution is 7.10. The van der Waals surface area contributed by atoms with Gasteiger partial charge in [-0.2, -0.15) is 5.01 Å². The Kier molecular flexibility index (Phi) is 6.81. The average Bonchev–Trinajstić information content (AvgIpc) is 3.30. The summed E-state index contributed by atoms with van der Waals surface area (Å²) < 4.78 is 0. The van der Waals surface area contributed by atoms with Gasteiger partial charge in [0.25, 0.3) is 11.8 Å². The number of hydrogen-bond acceptors (Lipinski definition) is 5. The van der Waals surface area contributed by atoms with E-state index in [1.54, 1.807) is 18.3 Å². The molecule has 2 heterocycles. The van der Waals surface area contributed by atoms with Gasteiger partial charge in [0.15, 0.2) is 0 Å². The van der Waals surface area contributed by atoms with Crippen LogP contribution in [0.2, 0.25) is 0 Å². The molecule has 1 aliphatic rings. The highest BCUT2D eigenvalue weighted by atomic mass is 32.1. The lowest BCUT2D eigenvalue weighted by atomic mass is 9.86. The first kappa shape index (κ1) is 23.0. The van der Waals surface area contributed by atoms with Crippen molar-refractivity contribution in [3.63, 3.8) is 0 Å². The lowest BCUT2D eigenvalue weighted by Gasteiger charge is -2.31. The van der Waals surface area contributed by atoms with Crippen LogP contribution in [0.25, 0.3) is 0 Å². The summed E-state index contributed by atoms with van der Waals surface area (Å²) in [6.07, 6.45) is 1.08. The molecular weight excluding hydrogens is 412 g/mol. The number of amides is 4. The van der Waals surface area contributed by atoms with E-state index in [-0.39, 0.29) is 18.0 Å². The first-order valence-electron chi connectivity index (χ1n) is 10.4. The Balaban J connectivity index is 1.58. The minimum atomic E-state index is -1.06. The van der Waals surface area contributed by atoms with Crippen molar-refractivity contribution in [2.45, 2.75) is 52.1 Å². The number of aryl methyl sites for hydroxylation is 1. The molecule has 3 N–H and O–H groups in total. The highest BCUT2D eigenvalue weighted by Crippen LogP contribution is 2.34. The second kappa shape index (κ2) is 9.20. The quantitative estimate of drug-likeness (QED) is 0.547. The zero-order valence-electron chi connectivity index (χ0n) is 18.4. The van der Waals surface area contributed by atoms with Gasteiger partial charge < -0.3 is 10.6 Å². The Morgan fingerprint density at radius 2 is 1.87 bits per heavy atom. The minimum Gasteiger partial charge on any atom is -0.322 e. The van der Waals surface area contributed by atoms with Crippen molar-refractivity contribution in [2.24, 2.45) is 5.41 Å². The number of benzene rings is 1. The van der Waals surface area contributed by atoms with Gasteiger partial charge in [-0.05, 0) is 42.2 Å². The van der Waals surface area contributed by atoms with Gasteiger partial charge in [-0.3, -0.25) is 15.0 Å². The summed E-state index contributed by atoms with van der Waals surface area (Å²) in [4.78, 5) is 38.9.